The summed E-state index contributed by atoms with van der Waals surface area (Å²) in [5.74, 6) is -1.26. The Morgan fingerprint density at radius 2 is 1.65 bits per heavy atom. The summed E-state index contributed by atoms with van der Waals surface area (Å²) in [4.78, 5) is 18.2. The fraction of sp³-hybridized carbons (Fsp3) is 0.265. The van der Waals surface area contributed by atoms with Crippen molar-refractivity contribution < 1.29 is 28.9 Å². The molecule has 8 nitrogen and oxygen atoms in total. The van der Waals surface area contributed by atoms with E-state index in [-0.39, 0.29) is 18.1 Å². The predicted molar refractivity (Wildman–Crippen MR) is 162 cm³/mol. The molecule has 2 N–H and O–H groups in total. The summed E-state index contributed by atoms with van der Waals surface area (Å²) in [5.41, 5.74) is 4.90. The van der Waals surface area contributed by atoms with Crippen LogP contribution < -0.4 is 0 Å². The number of rotatable bonds is 7. The lowest BCUT2D eigenvalue weighted by Crippen LogP contribution is -2.30. The van der Waals surface area contributed by atoms with Gasteiger partial charge in [0.15, 0.2) is 11.8 Å². The predicted octanol–water partition coefficient (Wildman–Crippen LogP) is 7.32. The number of carbonyl (C=O) groups is 1. The third kappa shape index (κ3) is 6.08. The van der Waals surface area contributed by atoms with Gasteiger partial charge in [0.25, 0.3) is 0 Å². The SMILES string of the molecule is CCOC(=O)[C@@H](OC(C)(C)C)c1c(C)nc2cc(-c3cccc(-c4ccc(F)cc4O)c3)nn2c1-c1ccc(C)cc1O. The highest BCUT2D eigenvalue weighted by Crippen LogP contribution is 2.40. The Hall–Kier alpha value is -4.76. The molecule has 0 fully saturated rings. The second-order valence-corrected chi connectivity index (χ2v) is 11.4. The first-order chi connectivity index (χ1) is 20.4. The lowest BCUT2D eigenvalue weighted by atomic mass is 9.97. The number of carbonyl (C=O) groups excluding carboxylic acids is 1. The van der Waals surface area contributed by atoms with Gasteiger partial charge in [-0.1, -0.05) is 24.3 Å². The van der Waals surface area contributed by atoms with E-state index < -0.39 is 23.5 Å². The van der Waals surface area contributed by atoms with Crippen LogP contribution in [0.5, 0.6) is 11.5 Å². The maximum absolute atomic E-state index is 13.6. The van der Waals surface area contributed by atoms with Gasteiger partial charge in [-0.05, 0) is 83.0 Å². The van der Waals surface area contributed by atoms with Gasteiger partial charge in [0.1, 0.15) is 17.3 Å². The van der Waals surface area contributed by atoms with E-state index in [1.807, 2.05) is 58.0 Å². The average Bonchev–Trinajstić information content (AvgIpc) is 3.35. The average molecular weight is 584 g/mol. The minimum atomic E-state index is -1.15. The molecule has 2 aromatic heterocycles. The molecule has 0 saturated carbocycles. The Kier molecular flexibility index (Phi) is 7.94. The van der Waals surface area contributed by atoms with Gasteiger partial charge in [0.2, 0.25) is 0 Å². The quantitative estimate of drug-likeness (QED) is 0.193. The van der Waals surface area contributed by atoms with Crippen LogP contribution in [0.2, 0.25) is 0 Å². The number of halogens is 1. The molecule has 0 spiro atoms. The van der Waals surface area contributed by atoms with Crippen molar-refractivity contribution in [3.8, 4) is 45.1 Å². The molecule has 2 heterocycles. The van der Waals surface area contributed by atoms with Crippen molar-refractivity contribution >= 4 is 11.6 Å². The Balaban J connectivity index is 1.77. The fourth-order valence-electron chi connectivity index (χ4n) is 5.08. The first kappa shape index (κ1) is 29.7. The minimum absolute atomic E-state index is 0.0114. The molecule has 0 saturated heterocycles. The van der Waals surface area contributed by atoms with E-state index in [4.69, 9.17) is 19.6 Å². The summed E-state index contributed by atoms with van der Waals surface area (Å²) in [7, 11) is 0. The van der Waals surface area contributed by atoms with E-state index in [9.17, 15) is 19.4 Å². The number of hydrogen-bond donors (Lipinski definition) is 2. The molecule has 5 rings (SSSR count). The molecule has 0 unspecified atom stereocenters. The zero-order valence-corrected chi connectivity index (χ0v) is 25.0. The zero-order valence-electron chi connectivity index (χ0n) is 25.0. The maximum Gasteiger partial charge on any atom is 0.340 e. The smallest absolute Gasteiger partial charge is 0.340 e. The van der Waals surface area contributed by atoms with Crippen molar-refractivity contribution in [1.29, 1.82) is 0 Å². The number of esters is 1. The topological polar surface area (TPSA) is 106 Å². The first-order valence-corrected chi connectivity index (χ1v) is 14.0. The van der Waals surface area contributed by atoms with Crippen molar-refractivity contribution in [2.24, 2.45) is 0 Å². The van der Waals surface area contributed by atoms with Crippen LogP contribution in [0.3, 0.4) is 0 Å². The van der Waals surface area contributed by atoms with Crippen LogP contribution >= 0.6 is 0 Å². The van der Waals surface area contributed by atoms with Gasteiger partial charge in [-0.2, -0.15) is 5.10 Å². The summed E-state index contributed by atoms with van der Waals surface area (Å²) < 4.78 is 26.9. The summed E-state index contributed by atoms with van der Waals surface area (Å²) in [6.45, 7) is 11.1. The molecule has 222 valence electrons. The Morgan fingerprint density at radius 1 is 0.953 bits per heavy atom. The van der Waals surface area contributed by atoms with Gasteiger partial charge in [-0.15, -0.1) is 0 Å². The van der Waals surface area contributed by atoms with Gasteiger partial charge < -0.3 is 19.7 Å². The third-order valence-corrected chi connectivity index (χ3v) is 6.90. The Labute approximate surface area is 249 Å². The number of aryl methyl sites for hydroxylation is 2. The number of aromatic hydroxyl groups is 2. The largest absolute Gasteiger partial charge is 0.507 e. The van der Waals surface area contributed by atoms with Crippen molar-refractivity contribution in [3.63, 3.8) is 0 Å². The van der Waals surface area contributed by atoms with Crippen molar-refractivity contribution in [1.82, 2.24) is 14.6 Å². The van der Waals surface area contributed by atoms with E-state index >= 15 is 0 Å². The number of ether oxygens (including phenoxy) is 2. The molecule has 3 aromatic carbocycles. The molecular weight excluding hydrogens is 549 g/mol. The molecule has 5 aromatic rings. The van der Waals surface area contributed by atoms with Crippen LogP contribution in [0.25, 0.3) is 39.3 Å². The number of aromatic nitrogens is 3. The van der Waals surface area contributed by atoms with Gasteiger partial charge in [-0.3, -0.25) is 0 Å². The number of benzene rings is 3. The molecule has 0 radical (unpaired) electrons. The Bertz CT molecular complexity index is 1840. The molecule has 0 amide bonds. The molecule has 1 atom stereocenters. The first-order valence-electron chi connectivity index (χ1n) is 14.0. The molecule has 43 heavy (non-hydrogen) atoms. The highest BCUT2D eigenvalue weighted by Gasteiger charge is 2.35. The Morgan fingerprint density at radius 3 is 2.33 bits per heavy atom. The molecule has 0 aliphatic rings. The van der Waals surface area contributed by atoms with E-state index in [0.29, 0.717) is 45.0 Å². The lowest BCUT2D eigenvalue weighted by Gasteiger charge is -2.28. The monoisotopic (exact) mass is 583 g/mol. The van der Waals surface area contributed by atoms with Crippen molar-refractivity contribution in [2.75, 3.05) is 6.61 Å². The van der Waals surface area contributed by atoms with Crippen molar-refractivity contribution in [2.45, 2.75) is 53.2 Å². The second-order valence-electron chi connectivity index (χ2n) is 11.4. The number of fused-ring (bicyclic) bond motifs is 1. The van der Waals surface area contributed by atoms with Crippen molar-refractivity contribution in [3.05, 3.63) is 89.4 Å². The number of phenolic OH excluding ortho intramolecular Hbond substituents is 2. The van der Waals surface area contributed by atoms with E-state index in [0.717, 1.165) is 17.2 Å². The highest BCUT2D eigenvalue weighted by atomic mass is 19.1. The maximum atomic E-state index is 13.6. The molecular formula is C34H34FN3O5. The number of phenols is 2. The summed E-state index contributed by atoms with van der Waals surface area (Å²) in [6.07, 6.45) is -1.15. The van der Waals surface area contributed by atoms with Crippen LogP contribution in [-0.4, -0.2) is 43.0 Å². The number of nitrogens with zero attached hydrogens (tertiary/aromatic N) is 3. The molecule has 0 aliphatic heterocycles. The summed E-state index contributed by atoms with van der Waals surface area (Å²) >= 11 is 0. The minimum Gasteiger partial charge on any atom is -0.507 e. The standard InChI is InChI=1S/C34H34FN3O5/c1-7-42-33(41)32(43-34(4,5)6)30-20(3)36-29-18-26(37-38(29)31(30)25-13-11-19(2)15-27(25)39)22-10-8-9-21(16-22)24-14-12-23(35)17-28(24)40/h8-18,32,39-40H,7H2,1-6H3/t32-/m0/s1. The fourth-order valence-corrected chi connectivity index (χ4v) is 5.08. The van der Waals surface area contributed by atoms with Gasteiger partial charge in [0.05, 0.1) is 23.6 Å². The van der Waals surface area contributed by atoms with Gasteiger partial charge in [0, 0.05) is 40.1 Å². The van der Waals surface area contributed by atoms with Crippen LogP contribution in [-0.2, 0) is 14.3 Å². The lowest BCUT2D eigenvalue weighted by molar-refractivity contribution is -0.166. The van der Waals surface area contributed by atoms with E-state index in [1.165, 1.54) is 12.1 Å². The molecule has 9 heteroatoms. The van der Waals surface area contributed by atoms with Gasteiger partial charge in [-0.25, -0.2) is 18.7 Å². The van der Waals surface area contributed by atoms with E-state index in [1.54, 1.807) is 36.6 Å². The molecule has 0 bridgehead atoms. The normalized spacial score (nSPS) is 12.4. The highest BCUT2D eigenvalue weighted by molar-refractivity contribution is 5.84. The summed E-state index contributed by atoms with van der Waals surface area (Å²) in [5, 5.41) is 26.4. The number of hydrogen-bond acceptors (Lipinski definition) is 7. The van der Waals surface area contributed by atoms with Crippen LogP contribution in [0.4, 0.5) is 4.39 Å². The van der Waals surface area contributed by atoms with Crippen LogP contribution in [0.15, 0.2) is 66.7 Å². The molecule has 0 aliphatic carbocycles. The summed E-state index contributed by atoms with van der Waals surface area (Å²) in [6, 6.07) is 18.3. The third-order valence-electron chi connectivity index (χ3n) is 6.90. The zero-order chi connectivity index (χ0) is 31.1. The van der Waals surface area contributed by atoms with Crippen LogP contribution in [0, 0.1) is 19.7 Å². The second kappa shape index (κ2) is 11.5. The van der Waals surface area contributed by atoms with E-state index in [2.05, 4.69) is 0 Å². The van der Waals surface area contributed by atoms with Gasteiger partial charge >= 0.3 is 5.97 Å². The van der Waals surface area contributed by atoms with Crippen LogP contribution in [0.1, 0.15) is 50.6 Å².